The number of aryl methyl sites for hydroxylation is 1. The van der Waals surface area contributed by atoms with Crippen LogP contribution in [0.4, 0.5) is 5.69 Å². The first-order valence-electron chi connectivity index (χ1n) is 11.9. The molecule has 2 amide bonds. The number of anilines is 1. The van der Waals surface area contributed by atoms with Crippen LogP contribution in [0.2, 0.25) is 0 Å². The molecule has 188 valence electrons. The summed E-state index contributed by atoms with van der Waals surface area (Å²) in [6, 6.07) is 22.7. The van der Waals surface area contributed by atoms with Crippen LogP contribution in [0.5, 0.6) is 0 Å². The van der Waals surface area contributed by atoms with Gasteiger partial charge in [-0.25, -0.2) is 13.1 Å². The Morgan fingerprint density at radius 3 is 2.08 bits per heavy atom. The molecule has 3 aromatic rings. The Labute approximate surface area is 212 Å². The van der Waals surface area contributed by atoms with Gasteiger partial charge in [0.15, 0.2) is 0 Å². The third-order valence-corrected chi connectivity index (χ3v) is 7.89. The van der Waals surface area contributed by atoms with E-state index in [1.807, 2.05) is 30.3 Å². The maximum Gasteiger partial charge on any atom is 0.252 e. The molecular formula is C28H31N3O4S. The maximum absolute atomic E-state index is 13.7. The molecule has 3 aromatic carbocycles. The summed E-state index contributed by atoms with van der Waals surface area (Å²) in [5, 5.41) is 5.91. The maximum atomic E-state index is 13.7. The predicted molar refractivity (Wildman–Crippen MR) is 140 cm³/mol. The Morgan fingerprint density at radius 2 is 1.44 bits per heavy atom. The predicted octanol–water partition coefficient (Wildman–Crippen LogP) is 4.06. The smallest absolute Gasteiger partial charge is 0.252 e. The molecule has 3 N–H and O–H groups in total. The SMILES string of the molecule is CC(C)(C)NS(=O)(=O)c1ccc(NC(=O)C2(NC(=O)c3ccccc3)CCc3ccccc3C2)cc1. The van der Waals surface area contributed by atoms with Crippen LogP contribution in [0.25, 0.3) is 0 Å². The van der Waals surface area contributed by atoms with E-state index >= 15 is 0 Å². The molecular weight excluding hydrogens is 474 g/mol. The van der Waals surface area contributed by atoms with Crippen molar-refractivity contribution >= 4 is 27.5 Å². The van der Waals surface area contributed by atoms with Crippen LogP contribution in [0.3, 0.4) is 0 Å². The molecule has 36 heavy (non-hydrogen) atoms. The Hall–Kier alpha value is -3.49. The summed E-state index contributed by atoms with van der Waals surface area (Å²) in [5.74, 6) is -0.662. The Bertz CT molecular complexity index is 1360. The van der Waals surface area contributed by atoms with Gasteiger partial charge in [0.25, 0.3) is 5.91 Å². The van der Waals surface area contributed by atoms with E-state index < -0.39 is 21.1 Å². The lowest BCUT2D eigenvalue weighted by atomic mass is 9.77. The summed E-state index contributed by atoms with van der Waals surface area (Å²) in [7, 11) is -3.70. The Balaban J connectivity index is 1.59. The zero-order valence-corrected chi connectivity index (χ0v) is 21.5. The van der Waals surface area contributed by atoms with Crippen molar-refractivity contribution in [2.75, 3.05) is 5.32 Å². The first-order chi connectivity index (χ1) is 17.0. The summed E-state index contributed by atoms with van der Waals surface area (Å²) >= 11 is 0. The standard InChI is InChI=1S/C28H31N3O4S/c1-27(2,3)31-36(34,35)24-15-13-23(14-16-24)29-26(33)28(30-25(32)21-10-5-4-6-11-21)18-17-20-9-7-8-12-22(20)19-28/h4-16,31H,17-19H2,1-3H3,(H,29,33)(H,30,32). The van der Waals surface area contributed by atoms with Crippen molar-refractivity contribution in [1.29, 1.82) is 0 Å². The molecule has 0 saturated carbocycles. The van der Waals surface area contributed by atoms with Crippen molar-refractivity contribution in [3.8, 4) is 0 Å². The fraction of sp³-hybridized carbons (Fsp3) is 0.286. The van der Waals surface area contributed by atoms with Crippen LogP contribution in [0.1, 0.15) is 48.7 Å². The van der Waals surface area contributed by atoms with E-state index in [1.54, 1.807) is 57.2 Å². The largest absolute Gasteiger partial charge is 0.337 e. The van der Waals surface area contributed by atoms with Gasteiger partial charge in [0, 0.05) is 23.2 Å². The van der Waals surface area contributed by atoms with Crippen molar-refractivity contribution in [3.63, 3.8) is 0 Å². The molecule has 0 saturated heterocycles. The average molecular weight is 506 g/mol. The average Bonchev–Trinajstić information content (AvgIpc) is 2.83. The lowest BCUT2D eigenvalue weighted by Gasteiger charge is -2.37. The molecule has 1 atom stereocenters. The molecule has 8 heteroatoms. The van der Waals surface area contributed by atoms with E-state index in [1.165, 1.54) is 12.1 Å². The fourth-order valence-corrected chi connectivity index (χ4v) is 5.82. The monoisotopic (exact) mass is 505 g/mol. The van der Waals surface area contributed by atoms with E-state index in [0.717, 1.165) is 11.1 Å². The molecule has 1 aliphatic rings. The summed E-state index contributed by atoms with van der Waals surface area (Å²) in [4.78, 5) is 26.9. The van der Waals surface area contributed by atoms with Crippen molar-refractivity contribution in [2.45, 2.75) is 56.0 Å². The first-order valence-corrected chi connectivity index (χ1v) is 13.4. The molecule has 0 bridgehead atoms. The second-order valence-electron chi connectivity index (χ2n) is 10.2. The van der Waals surface area contributed by atoms with Crippen molar-refractivity contribution in [1.82, 2.24) is 10.0 Å². The third-order valence-electron chi connectivity index (χ3n) is 6.12. The first kappa shape index (κ1) is 25.6. The number of hydrogen-bond acceptors (Lipinski definition) is 4. The second-order valence-corrected chi connectivity index (χ2v) is 11.9. The fourth-order valence-electron chi connectivity index (χ4n) is 4.40. The van der Waals surface area contributed by atoms with Crippen molar-refractivity contribution < 1.29 is 18.0 Å². The van der Waals surface area contributed by atoms with E-state index in [4.69, 9.17) is 0 Å². The molecule has 0 heterocycles. The topological polar surface area (TPSA) is 104 Å². The van der Waals surface area contributed by atoms with Gasteiger partial charge in [-0.1, -0.05) is 42.5 Å². The van der Waals surface area contributed by atoms with Gasteiger partial charge < -0.3 is 10.6 Å². The van der Waals surface area contributed by atoms with Crippen molar-refractivity contribution in [2.24, 2.45) is 0 Å². The molecule has 7 nitrogen and oxygen atoms in total. The molecule has 1 unspecified atom stereocenters. The molecule has 0 aromatic heterocycles. The van der Waals surface area contributed by atoms with Crippen LogP contribution in [-0.4, -0.2) is 31.3 Å². The van der Waals surface area contributed by atoms with Gasteiger partial charge >= 0.3 is 0 Å². The summed E-state index contributed by atoms with van der Waals surface area (Å²) in [6.07, 6.45) is 1.44. The minimum Gasteiger partial charge on any atom is -0.337 e. The van der Waals surface area contributed by atoms with Crippen LogP contribution >= 0.6 is 0 Å². The van der Waals surface area contributed by atoms with Gasteiger partial charge in [0.05, 0.1) is 4.90 Å². The van der Waals surface area contributed by atoms with Crippen LogP contribution < -0.4 is 15.4 Å². The molecule has 0 fully saturated rings. The quantitative estimate of drug-likeness (QED) is 0.470. The molecule has 4 rings (SSSR count). The highest BCUT2D eigenvalue weighted by Gasteiger charge is 2.43. The second kappa shape index (κ2) is 9.87. The lowest BCUT2D eigenvalue weighted by molar-refractivity contribution is -0.122. The van der Waals surface area contributed by atoms with Crippen LogP contribution in [0.15, 0.2) is 83.8 Å². The van der Waals surface area contributed by atoms with Gasteiger partial charge in [-0.2, -0.15) is 0 Å². The molecule has 0 radical (unpaired) electrons. The number of rotatable bonds is 6. The van der Waals surface area contributed by atoms with Gasteiger partial charge in [-0.05, 0) is 81.1 Å². The Kier molecular flexibility index (Phi) is 7.02. The normalized spacial score (nSPS) is 17.6. The number of nitrogens with one attached hydrogen (secondary N) is 3. The zero-order chi connectivity index (χ0) is 26.0. The lowest BCUT2D eigenvalue weighted by Crippen LogP contribution is -2.59. The van der Waals surface area contributed by atoms with E-state index in [0.29, 0.717) is 30.5 Å². The van der Waals surface area contributed by atoms with Gasteiger partial charge in [-0.3, -0.25) is 9.59 Å². The molecule has 1 aliphatic carbocycles. The van der Waals surface area contributed by atoms with Gasteiger partial charge in [-0.15, -0.1) is 0 Å². The number of benzene rings is 3. The zero-order valence-electron chi connectivity index (χ0n) is 20.7. The van der Waals surface area contributed by atoms with Crippen molar-refractivity contribution in [3.05, 3.63) is 95.6 Å². The third kappa shape index (κ3) is 5.83. The van der Waals surface area contributed by atoms with E-state index in [9.17, 15) is 18.0 Å². The summed E-state index contributed by atoms with van der Waals surface area (Å²) < 4.78 is 27.8. The van der Waals surface area contributed by atoms with Crippen LogP contribution in [0, 0.1) is 0 Å². The molecule has 0 aliphatic heterocycles. The number of fused-ring (bicyclic) bond motifs is 1. The number of carbonyl (C=O) groups excluding carboxylic acids is 2. The van der Waals surface area contributed by atoms with Crippen LogP contribution in [-0.2, 0) is 27.7 Å². The summed E-state index contributed by atoms with van der Waals surface area (Å²) in [6.45, 7) is 5.31. The molecule has 0 spiro atoms. The number of amides is 2. The number of carbonyl (C=O) groups is 2. The minimum atomic E-state index is -3.70. The highest BCUT2D eigenvalue weighted by Crippen LogP contribution is 2.31. The van der Waals surface area contributed by atoms with Gasteiger partial charge in [0.1, 0.15) is 5.54 Å². The van der Waals surface area contributed by atoms with E-state index in [-0.39, 0.29) is 16.7 Å². The minimum absolute atomic E-state index is 0.106. The highest BCUT2D eigenvalue weighted by atomic mass is 32.2. The highest BCUT2D eigenvalue weighted by molar-refractivity contribution is 7.89. The number of sulfonamides is 1. The van der Waals surface area contributed by atoms with E-state index in [2.05, 4.69) is 15.4 Å². The Morgan fingerprint density at radius 1 is 0.833 bits per heavy atom. The summed E-state index contributed by atoms with van der Waals surface area (Å²) in [5.41, 5.74) is 1.33. The number of hydrogen-bond donors (Lipinski definition) is 3. The van der Waals surface area contributed by atoms with Gasteiger partial charge in [0.2, 0.25) is 15.9 Å².